The molecule has 4 heterocycles. The lowest BCUT2D eigenvalue weighted by molar-refractivity contribution is -0.117. The topological polar surface area (TPSA) is 94.0 Å². The van der Waals surface area contributed by atoms with Crippen molar-refractivity contribution in [3.63, 3.8) is 0 Å². The summed E-state index contributed by atoms with van der Waals surface area (Å²) in [7, 11) is 3.48. The lowest BCUT2D eigenvalue weighted by Gasteiger charge is -2.21. The summed E-state index contributed by atoms with van der Waals surface area (Å²) in [5.41, 5.74) is 3.73. The fourth-order valence-electron chi connectivity index (χ4n) is 4.20. The van der Waals surface area contributed by atoms with Crippen LogP contribution in [0.15, 0.2) is 49.1 Å². The van der Waals surface area contributed by atoms with Crippen LogP contribution < -0.4 is 9.64 Å². The predicted molar refractivity (Wildman–Crippen MR) is 125 cm³/mol. The normalized spacial score (nSPS) is 12.5. The fraction of sp³-hybridized carbons (Fsp3) is 0.280. The second kappa shape index (κ2) is 8.90. The van der Waals surface area contributed by atoms with E-state index in [4.69, 9.17) is 14.7 Å². The number of hydrogen-bond donors (Lipinski definition) is 0. The standard InChI is InChI=1S/C25H24N6O2/c1-31(15-19(32)10-16-6-7-23(33-2)28-12-16)25-20-4-3-5-21(20)29-24(30-25)22-11-18-13-26-9-8-17(18)14-27-22/h6-9,11-14H,3-5,10,15H2,1-2H3. The second-order valence-corrected chi connectivity index (χ2v) is 8.22. The lowest BCUT2D eigenvalue weighted by atomic mass is 10.1. The molecular formula is C25H24N6O2. The maximum atomic E-state index is 12.8. The number of Topliss-reactive ketones (excluding diaryl/α,β-unsaturated/α-hetero) is 1. The third-order valence-corrected chi connectivity index (χ3v) is 5.85. The molecule has 166 valence electrons. The highest BCUT2D eigenvalue weighted by Crippen LogP contribution is 2.31. The molecule has 0 radical (unpaired) electrons. The van der Waals surface area contributed by atoms with Gasteiger partial charge in [-0.1, -0.05) is 6.07 Å². The molecule has 0 saturated heterocycles. The van der Waals surface area contributed by atoms with Gasteiger partial charge in [0.2, 0.25) is 5.88 Å². The molecule has 0 bridgehead atoms. The van der Waals surface area contributed by atoms with E-state index in [2.05, 4.69) is 15.0 Å². The zero-order chi connectivity index (χ0) is 22.8. The van der Waals surface area contributed by atoms with Gasteiger partial charge in [-0.25, -0.2) is 15.0 Å². The number of rotatable bonds is 7. The molecule has 0 saturated carbocycles. The quantitative estimate of drug-likeness (QED) is 0.432. The molecule has 0 aromatic carbocycles. The van der Waals surface area contributed by atoms with E-state index in [9.17, 15) is 4.79 Å². The number of anilines is 1. The van der Waals surface area contributed by atoms with Gasteiger partial charge in [0.1, 0.15) is 11.5 Å². The maximum Gasteiger partial charge on any atom is 0.212 e. The van der Waals surface area contributed by atoms with Crippen molar-refractivity contribution in [1.82, 2.24) is 24.9 Å². The van der Waals surface area contributed by atoms with Crippen LogP contribution in [0.1, 0.15) is 23.2 Å². The van der Waals surface area contributed by atoms with Crippen LogP contribution in [0.4, 0.5) is 5.82 Å². The number of nitrogens with zero attached hydrogens (tertiary/aromatic N) is 6. The summed E-state index contributed by atoms with van der Waals surface area (Å²) in [4.78, 5) is 37.3. The molecule has 8 heteroatoms. The summed E-state index contributed by atoms with van der Waals surface area (Å²) in [6.07, 6.45) is 10.2. The zero-order valence-corrected chi connectivity index (χ0v) is 18.7. The average molecular weight is 441 g/mol. The Morgan fingerprint density at radius 1 is 1.06 bits per heavy atom. The largest absolute Gasteiger partial charge is 0.481 e. The van der Waals surface area contributed by atoms with Crippen LogP contribution in [0.25, 0.3) is 22.3 Å². The Balaban J connectivity index is 1.40. The van der Waals surface area contributed by atoms with Gasteiger partial charge in [0, 0.05) is 66.4 Å². The van der Waals surface area contributed by atoms with Gasteiger partial charge >= 0.3 is 0 Å². The predicted octanol–water partition coefficient (Wildman–Crippen LogP) is 3.23. The first-order chi connectivity index (χ1) is 16.1. The summed E-state index contributed by atoms with van der Waals surface area (Å²) in [6, 6.07) is 7.52. The van der Waals surface area contributed by atoms with Crippen molar-refractivity contribution in [1.29, 1.82) is 0 Å². The lowest BCUT2D eigenvalue weighted by Crippen LogP contribution is -2.28. The smallest absolute Gasteiger partial charge is 0.212 e. The summed E-state index contributed by atoms with van der Waals surface area (Å²) >= 11 is 0. The minimum Gasteiger partial charge on any atom is -0.481 e. The number of likely N-dealkylation sites (N-methyl/N-ethyl adjacent to an activating group) is 1. The zero-order valence-electron chi connectivity index (χ0n) is 18.7. The second-order valence-electron chi connectivity index (χ2n) is 8.22. The summed E-state index contributed by atoms with van der Waals surface area (Å²) in [6.45, 7) is 0.254. The van der Waals surface area contributed by atoms with E-state index in [1.807, 2.05) is 42.5 Å². The molecule has 4 aromatic rings. The molecule has 0 N–H and O–H groups in total. The van der Waals surface area contributed by atoms with E-state index in [1.165, 1.54) is 0 Å². The third-order valence-electron chi connectivity index (χ3n) is 5.85. The SMILES string of the molecule is COc1ccc(CC(=O)CN(C)c2nc(-c3cc4cnccc4cn3)nc3c2CCC3)cn1. The molecule has 0 amide bonds. The molecule has 1 aliphatic carbocycles. The van der Waals surface area contributed by atoms with Crippen molar-refractivity contribution in [3.05, 3.63) is 65.9 Å². The van der Waals surface area contributed by atoms with E-state index in [1.54, 1.807) is 25.6 Å². The van der Waals surface area contributed by atoms with Crippen molar-refractivity contribution in [2.75, 3.05) is 25.6 Å². The van der Waals surface area contributed by atoms with Crippen LogP contribution in [-0.2, 0) is 24.1 Å². The molecule has 8 nitrogen and oxygen atoms in total. The Morgan fingerprint density at radius 3 is 2.79 bits per heavy atom. The number of carbonyl (C=O) groups is 1. The van der Waals surface area contributed by atoms with Crippen LogP contribution in [0.5, 0.6) is 5.88 Å². The Morgan fingerprint density at radius 2 is 1.97 bits per heavy atom. The van der Waals surface area contributed by atoms with Crippen molar-refractivity contribution in [3.8, 4) is 17.4 Å². The van der Waals surface area contributed by atoms with Gasteiger partial charge < -0.3 is 9.64 Å². The van der Waals surface area contributed by atoms with Crippen LogP contribution in [0.2, 0.25) is 0 Å². The van der Waals surface area contributed by atoms with Crippen molar-refractivity contribution in [2.24, 2.45) is 0 Å². The van der Waals surface area contributed by atoms with Gasteiger partial charge in [-0.15, -0.1) is 0 Å². The Hall–Kier alpha value is -3.94. The summed E-state index contributed by atoms with van der Waals surface area (Å²) < 4.78 is 5.08. The number of carbonyl (C=O) groups excluding carboxylic acids is 1. The first-order valence-corrected chi connectivity index (χ1v) is 10.9. The van der Waals surface area contributed by atoms with Gasteiger partial charge in [-0.3, -0.25) is 14.8 Å². The number of methoxy groups -OCH3 is 1. The molecular weight excluding hydrogens is 416 g/mol. The third kappa shape index (κ3) is 4.37. The Kier molecular flexibility index (Phi) is 5.64. The molecule has 33 heavy (non-hydrogen) atoms. The molecule has 1 aliphatic rings. The van der Waals surface area contributed by atoms with E-state index in [0.29, 0.717) is 23.8 Å². The molecule has 0 spiro atoms. The number of aromatic nitrogens is 5. The van der Waals surface area contributed by atoms with Crippen molar-refractivity contribution in [2.45, 2.75) is 25.7 Å². The Labute approximate surface area is 191 Å². The first kappa shape index (κ1) is 20.9. The van der Waals surface area contributed by atoms with Gasteiger partial charge in [-0.05, 0) is 37.0 Å². The molecule has 0 aliphatic heterocycles. The monoisotopic (exact) mass is 440 g/mol. The molecule has 5 rings (SSSR count). The minimum absolute atomic E-state index is 0.0891. The molecule has 0 fully saturated rings. The average Bonchev–Trinajstić information content (AvgIpc) is 3.32. The van der Waals surface area contributed by atoms with Crippen LogP contribution in [-0.4, -0.2) is 51.4 Å². The highest BCUT2D eigenvalue weighted by atomic mass is 16.5. The van der Waals surface area contributed by atoms with E-state index < -0.39 is 0 Å². The molecule has 0 unspecified atom stereocenters. The van der Waals surface area contributed by atoms with E-state index >= 15 is 0 Å². The van der Waals surface area contributed by atoms with Crippen LogP contribution in [0, 0.1) is 0 Å². The summed E-state index contributed by atoms with van der Waals surface area (Å²) in [5.74, 6) is 2.01. The van der Waals surface area contributed by atoms with Crippen LogP contribution >= 0.6 is 0 Å². The number of aryl methyl sites for hydroxylation is 1. The number of hydrogen-bond acceptors (Lipinski definition) is 8. The number of fused-ring (bicyclic) bond motifs is 2. The Bertz CT molecular complexity index is 1320. The molecule has 4 aromatic heterocycles. The minimum atomic E-state index is 0.0891. The van der Waals surface area contributed by atoms with Crippen molar-refractivity contribution < 1.29 is 9.53 Å². The molecule has 0 atom stereocenters. The number of ketones is 1. The highest BCUT2D eigenvalue weighted by Gasteiger charge is 2.23. The van der Waals surface area contributed by atoms with Gasteiger partial charge in [0.25, 0.3) is 0 Å². The van der Waals surface area contributed by atoms with Gasteiger partial charge in [0.05, 0.1) is 13.7 Å². The fourth-order valence-corrected chi connectivity index (χ4v) is 4.20. The maximum absolute atomic E-state index is 12.8. The first-order valence-electron chi connectivity index (χ1n) is 10.9. The summed E-state index contributed by atoms with van der Waals surface area (Å²) in [5, 5.41) is 2.01. The number of pyridine rings is 3. The van der Waals surface area contributed by atoms with Gasteiger partial charge in [0.15, 0.2) is 11.6 Å². The highest BCUT2D eigenvalue weighted by molar-refractivity contribution is 5.86. The van der Waals surface area contributed by atoms with E-state index in [0.717, 1.165) is 52.7 Å². The van der Waals surface area contributed by atoms with Gasteiger partial charge in [-0.2, -0.15) is 0 Å². The number of ether oxygens (including phenoxy) is 1. The van der Waals surface area contributed by atoms with Crippen LogP contribution in [0.3, 0.4) is 0 Å². The van der Waals surface area contributed by atoms with E-state index in [-0.39, 0.29) is 12.3 Å². The van der Waals surface area contributed by atoms with Crippen molar-refractivity contribution >= 4 is 22.4 Å².